The molecule has 1 fully saturated rings. The van der Waals surface area contributed by atoms with E-state index in [1.165, 1.54) is 16.7 Å². The van der Waals surface area contributed by atoms with Crippen molar-refractivity contribution in [2.75, 3.05) is 5.75 Å². The first-order valence-electron chi connectivity index (χ1n) is 6.82. The van der Waals surface area contributed by atoms with Gasteiger partial charge in [-0.15, -0.1) is 0 Å². The number of aryl methyl sites for hydroxylation is 2. The normalized spacial score (nSPS) is 24.1. The average Bonchev–Trinajstić information content (AvgIpc) is 2.33. The van der Waals surface area contributed by atoms with E-state index in [4.69, 9.17) is 0 Å². The third-order valence-electron chi connectivity index (χ3n) is 3.95. The topological polar surface area (TPSA) is 34.1 Å². The summed E-state index contributed by atoms with van der Waals surface area (Å²) in [5.41, 5.74) is 3.72. The summed E-state index contributed by atoms with van der Waals surface area (Å²) in [7, 11) is -2.91. The second kappa shape index (κ2) is 5.96. The monoisotopic (exact) mass is 344 g/mol. The Bertz CT molecular complexity index is 551. The molecule has 2 nitrogen and oxygen atoms in total. The van der Waals surface area contributed by atoms with Crippen molar-refractivity contribution < 1.29 is 8.42 Å². The molecule has 2 rings (SSSR count). The molecule has 2 atom stereocenters. The van der Waals surface area contributed by atoms with Gasteiger partial charge in [0, 0.05) is 4.83 Å². The highest BCUT2D eigenvalue weighted by atomic mass is 79.9. The second-order valence-electron chi connectivity index (χ2n) is 5.55. The number of benzene rings is 1. The molecule has 1 aliphatic rings. The van der Waals surface area contributed by atoms with Crippen molar-refractivity contribution in [3.05, 3.63) is 34.9 Å². The first-order valence-corrected chi connectivity index (χ1v) is 9.45. The van der Waals surface area contributed by atoms with Gasteiger partial charge in [-0.3, -0.25) is 0 Å². The molecule has 1 heterocycles. The van der Waals surface area contributed by atoms with Gasteiger partial charge in [-0.25, -0.2) is 8.42 Å². The van der Waals surface area contributed by atoms with Crippen LogP contribution in [0.2, 0.25) is 0 Å². The lowest BCUT2D eigenvalue weighted by atomic mass is 9.99. The molecule has 0 bridgehead atoms. The van der Waals surface area contributed by atoms with E-state index in [1.54, 1.807) is 0 Å². The minimum Gasteiger partial charge on any atom is -0.229 e. The number of sulfone groups is 1. The fourth-order valence-electron chi connectivity index (χ4n) is 2.75. The van der Waals surface area contributed by atoms with Crippen molar-refractivity contribution in [3.63, 3.8) is 0 Å². The van der Waals surface area contributed by atoms with Crippen molar-refractivity contribution in [2.24, 2.45) is 0 Å². The molecule has 1 aromatic carbocycles. The van der Waals surface area contributed by atoms with E-state index in [0.29, 0.717) is 5.75 Å². The minimum absolute atomic E-state index is 0.0262. The number of hydrogen-bond donors (Lipinski definition) is 0. The highest BCUT2D eigenvalue weighted by Crippen LogP contribution is 2.29. The predicted molar refractivity (Wildman–Crippen MR) is 83.8 cm³/mol. The zero-order valence-electron chi connectivity index (χ0n) is 11.5. The van der Waals surface area contributed by atoms with Crippen LogP contribution in [-0.4, -0.2) is 24.2 Å². The number of hydrogen-bond acceptors (Lipinski definition) is 2. The van der Waals surface area contributed by atoms with Gasteiger partial charge in [0.1, 0.15) is 0 Å². The van der Waals surface area contributed by atoms with E-state index >= 15 is 0 Å². The SMILES string of the molecule is Cc1ccc(C)c(CC(Br)C2CCCCS2(=O)=O)c1. The molecule has 19 heavy (non-hydrogen) atoms. The third kappa shape index (κ3) is 3.60. The molecule has 1 saturated heterocycles. The average molecular weight is 345 g/mol. The highest BCUT2D eigenvalue weighted by Gasteiger charge is 2.34. The summed E-state index contributed by atoms with van der Waals surface area (Å²) in [5.74, 6) is 0.354. The molecule has 2 unspecified atom stereocenters. The molecule has 0 radical (unpaired) electrons. The van der Waals surface area contributed by atoms with E-state index in [1.807, 2.05) is 0 Å². The van der Waals surface area contributed by atoms with E-state index in [2.05, 4.69) is 48.0 Å². The quantitative estimate of drug-likeness (QED) is 0.785. The summed E-state index contributed by atoms with van der Waals surface area (Å²) >= 11 is 3.63. The number of rotatable bonds is 3. The van der Waals surface area contributed by atoms with Crippen LogP contribution < -0.4 is 0 Å². The van der Waals surface area contributed by atoms with E-state index in [-0.39, 0.29) is 10.1 Å². The van der Waals surface area contributed by atoms with Crippen LogP contribution >= 0.6 is 15.9 Å². The summed E-state index contributed by atoms with van der Waals surface area (Å²) in [6, 6.07) is 6.37. The molecule has 0 aromatic heterocycles. The van der Waals surface area contributed by atoms with Gasteiger partial charge in [-0.1, -0.05) is 46.1 Å². The Morgan fingerprint density at radius 3 is 2.74 bits per heavy atom. The van der Waals surface area contributed by atoms with Crippen molar-refractivity contribution in [3.8, 4) is 0 Å². The molecular formula is C15H21BrO2S. The molecule has 0 aliphatic carbocycles. The van der Waals surface area contributed by atoms with Gasteiger partial charge in [-0.2, -0.15) is 0 Å². The van der Waals surface area contributed by atoms with Crippen LogP contribution in [0.1, 0.15) is 36.0 Å². The Morgan fingerprint density at radius 1 is 1.32 bits per heavy atom. The van der Waals surface area contributed by atoms with Crippen LogP contribution in [0.4, 0.5) is 0 Å². The van der Waals surface area contributed by atoms with E-state index in [9.17, 15) is 8.42 Å². The van der Waals surface area contributed by atoms with Crippen molar-refractivity contribution in [2.45, 2.75) is 49.6 Å². The van der Waals surface area contributed by atoms with Crippen LogP contribution in [0.3, 0.4) is 0 Å². The zero-order chi connectivity index (χ0) is 14.0. The van der Waals surface area contributed by atoms with Gasteiger partial charge in [-0.05, 0) is 44.2 Å². The lowest BCUT2D eigenvalue weighted by Crippen LogP contribution is -2.36. The molecule has 4 heteroatoms. The Morgan fingerprint density at radius 2 is 2.05 bits per heavy atom. The third-order valence-corrected chi connectivity index (χ3v) is 7.61. The largest absolute Gasteiger partial charge is 0.229 e. The fourth-order valence-corrected chi connectivity index (χ4v) is 6.33. The second-order valence-corrected chi connectivity index (χ2v) is 9.07. The van der Waals surface area contributed by atoms with Gasteiger partial charge in [0.25, 0.3) is 0 Å². The Labute approximate surface area is 124 Å². The molecule has 0 amide bonds. The van der Waals surface area contributed by atoms with Crippen LogP contribution in [0.15, 0.2) is 18.2 Å². The summed E-state index contributed by atoms with van der Waals surface area (Å²) in [6.45, 7) is 4.16. The molecule has 0 spiro atoms. The van der Waals surface area contributed by atoms with Crippen LogP contribution in [-0.2, 0) is 16.3 Å². The summed E-state index contributed by atoms with van der Waals surface area (Å²) in [6.07, 6.45) is 3.43. The molecular weight excluding hydrogens is 324 g/mol. The van der Waals surface area contributed by atoms with E-state index < -0.39 is 9.84 Å². The van der Waals surface area contributed by atoms with Crippen LogP contribution in [0, 0.1) is 13.8 Å². The molecule has 0 saturated carbocycles. The van der Waals surface area contributed by atoms with Crippen LogP contribution in [0.25, 0.3) is 0 Å². The van der Waals surface area contributed by atoms with Crippen molar-refractivity contribution in [1.82, 2.24) is 0 Å². The molecule has 0 N–H and O–H groups in total. The Balaban J connectivity index is 2.16. The summed E-state index contributed by atoms with van der Waals surface area (Å²) in [5, 5.41) is -0.221. The van der Waals surface area contributed by atoms with Gasteiger partial charge >= 0.3 is 0 Å². The van der Waals surface area contributed by atoms with Crippen LogP contribution in [0.5, 0.6) is 0 Å². The summed E-state index contributed by atoms with van der Waals surface area (Å²) in [4.78, 5) is 0.0262. The van der Waals surface area contributed by atoms with Gasteiger partial charge in [0.15, 0.2) is 9.84 Å². The lowest BCUT2D eigenvalue weighted by Gasteiger charge is -2.27. The maximum absolute atomic E-state index is 12.1. The first-order chi connectivity index (χ1) is 8.90. The van der Waals surface area contributed by atoms with Gasteiger partial charge < -0.3 is 0 Å². The van der Waals surface area contributed by atoms with Crippen molar-refractivity contribution in [1.29, 1.82) is 0 Å². The Hall–Kier alpha value is -0.350. The van der Waals surface area contributed by atoms with Crippen molar-refractivity contribution >= 4 is 25.8 Å². The Kier molecular flexibility index (Phi) is 4.72. The smallest absolute Gasteiger partial charge is 0.154 e. The lowest BCUT2D eigenvalue weighted by molar-refractivity contribution is 0.533. The summed E-state index contributed by atoms with van der Waals surface area (Å²) < 4.78 is 24.3. The highest BCUT2D eigenvalue weighted by molar-refractivity contribution is 9.09. The maximum atomic E-state index is 12.1. The van der Waals surface area contributed by atoms with E-state index in [0.717, 1.165) is 25.7 Å². The molecule has 1 aromatic rings. The fraction of sp³-hybridized carbons (Fsp3) is 0.600. The standard InChI is InChI=1S/C15H21BrO2S/c1-11-6-7-12(2)13(9-11)10-14(16)15-5-3-4-8-19(15,17)18/h6-7,9,14-15H,3-5,8,10H2,1-2H3. The first kappa shape index (κ1) is 15.0. The number of halogens is 1. The molecule has 1 aliphatic heterocycles. The van der Waals surface area contributed by atoms with Gasteiger partial charge in [0.05, 0.1) is 11.0 Å². The number of alkyl halides is 1. The maximum Gasteiger partial charge on any atom is 0.154 e. The zero-order valence-corrected chi connectivity index (χ0v) is 13.9. The predicted octanol–water partition coefficient (Wildman–Crippen LogP) is 3.58. The minimum atomic E-state index is -2.91. The van der Waals surface area contributed by atoms with Gasteiger partial charge in [0.2, 0.25) is 0 Å². The molecule has 106 valence electrons.